The molecule has 0 aliphatic heterocycles. The quantitative estimate of drug-likeness (QED) is 0.422. The van der Waals surface area contributed by atoms with Gasteiger partial charge in [-0.1, -0.05) is 18.2 Å². The molecule has 3 N–H and O–H groups in total. The van der Waals surface area contributed by atoms with E-state index in [1.807, 2.05) is 37.3 Å². The summed E-state index contributed by atoms with van der Waals surface area (Å²) in [5, 5.41) is 6.43. The van der Waals surface area contributed by atoms with Crippen LogP contribution in [0.3, 0.4) is 0 Å². The van der Waals surface area contributed by atoms with Crippen molar-refractivity contribution in [3.8, 4) is 11.5 Å². The molecule has 3 rings (SSSR count). The standard InChI is InChI=1S/C22H23N3O4S2/c1-3-29-18-11-9-17(10-12-18)25-31(26,27)19-13-14-20(21(15-19)28-2)24-22(30)23-16-7-5-4-6-8-16/h4-15,25H,3H2,1-2H3,(H2,23,24,30). The Kier molecular flexibility index (Phi) is 7.32. The summed E-state index contributed by atoms with van der Waals surface area (Å²) in [5.41, 5.74) is 1.80. The van der Waals surface area contributed by atoms with Crippen molar-refractivity contribution in [2.75, 3.05) is 29.1 Å². The first-order valence-corrected chi connectivity index (χ1v) is 11.4. The number of thiocarbonyl (C=S) groups is 1. The van der Waals surface area contributed by atoms with Crippen molar-refractivity contribution in [1.82, 2.24) is 0 Å². The smallest absolute Gasteiger partial charge is 0.262 e. The van der Waals surface area contributed by atoms with Crippen LogP contribution in [0.25, 0.3) is 0 Å². The zero-order valence-electron chi connectivity index (χ0n) is 17.1. The van der Waals surface area contributed by atoms with E-state index in [4.69, 9.17) is 21.7 Å². The third kappa shape index (κ3) is 6.09. The summed E-state index contributed by atoms with van der Waals surface area (Å²) < 4.78 is 38.9. The molecule has 0 radical (unpaired) electrons. The normalized spacial score (nSPS) is 10.8. The van der Waals surface area contributed by atoms with Crippen LogP contribution in [0, 0.1) is 0 Å². The van der Waals surface area contributed by atoms with Gasteiger partial charge in [-0.15, -0.1) is 0 Å². The summed E-state index contributed by atoms with van der Waals surface area (Å²) in [4.78, 5) is 0.0609. The van der Waals surface area contributed by atoms with Gasteiger partial charge in [0.1, 0.15) is 11.5 Å². The van der Waals surface area contributed by atoms with Gasteiger partial charge in [0.2, 0.25) is 0 Å². The molecule has 9 heteroatoms. The molecule has 0 heterocycles. The molecule has 7 nitrogen and oxygen atoms in total. The number of ether oxygens (including phenoxy) is 2. The van der Waals surface area contributed by atoms with Gasteiger partial charge in [-0.3, -0.25) is 4.72 Å². The monoisotopic (exact) mass is 457 g/mol. The van der Waals surface area contributed by atoms with Crippen molar-refractivity contribution in [2.45, 2.75) is 11.8 Å². The number of hydrogen-bond acceptors (Lipinski definition) is 5. The summed E-state index contributed by atoms with van der Waals surface area (Å²) in [7, 11) is -2.35. The highest BCUT2D eigenvalue weighted by atomic mass is 32.2. The zero-order valence-corrected chi connectivity index (χ0v) is 18.7. The molecular formula is C22H23N3O4S2. The first-order chi connectivity index (χ1) is 14.9. The second kappa shape index (κ2) is 10.1. The van der Waals surface area contributed by atoms with Gasteiger partial charge in [0.05, 0.1) is 24.3 Å². The van der Waals surface area contributed by atoms with Gasteiger partial charge in [0.15, 0.2) is 5.11 Å². The van der Waals surface area contributed by atoms with Crippen LogP contribution in [0.15, 0.2) is 77.7 Å². The first kappa shape index (κ1) is 22.4. The predicted octanol–water partition coefficient (Wildman–Crippen LogP) is 4.70. The Hall–Kier alpha value is -3.30. The number of nitrogens with one attached hydrogen (secondary N) is 3. The summed E-state index contributed by atoms with van der Waals surface area (Å²) in [6.07, 6.45) is 0. The van der Waals surface area contributed by atoms with Crippen molar-refractivity contribution in [1.29, 1.82) is 0 Å². The maximum Gasteiger partial charge on any atom is 0.262 e. The molecule has 3 aromatic rings. The lowest BCUT2D eigenvalue weighted by Crippen LogP contribution is -2.19. The van der Waals surface area contributed by atoms with E-state index in [0.717, 1.165) is 5.69 Å². The molecule has 0 aliphatic carbocycles. The van der Waals surface area contributed by atoms with Crippen LogP contribution in [-0.4, -0.2) is 27.2 Å². The van der Waals surface area contributed by atoms with Crippen molar-refractivity contribution in [2.24, 2.45) is 0 Å². The second-order valence-electron chi connectivity index (χ2n) is 6.37. The van der Waals surface area contributed by atoms with Crippen LogP contribution in [0.5, 0.6) is 11.5 Å². The maximum atomic E-state index is 12.8. The Bertz CT molecular complexity index is 1140. The molecule has 162 valence electrons. The van der Waals surface area contributed by atoms with Gasteiger partial charge in [0, 0.05) is 17.4 Å². The minimum absolute atomic E-state index is 0.0609. The average Bonchev–Trinajstić information content (AvgIpc) is 2.76. The number of benzene rings is 3. The van der Waals surface area contributed by atoms with E-state index in [1.54, 1.807) is 30.3 Å². The molecule has 0 saturated heterocycles. The largest absolute Gasteiger partial charge is 0.495 e. The van der Waals surface area contributed by atoms with E-state index in [0.29, 0.717) is 34.6 Å². The number of methoxy groups -OCH3 is 1. The van der Waals surface area contributed by atoms with Crippen molar-refractivity contribution in [3.63, 3.8) is 0 Å². The molecule has 0 unspecified atom stereocenters. The SMILES string of the molecule is CCOc1ccc(NS(=O)(=O)c2ccc(NC(=S)Nc3ccccc3)c(OC)c2)cc1. The van der Waals surface area contributed by atoms with Gasteiger partial charge < -0.3 is 20.1 Å². The fourth-order valence-electron chi connectivity index (χ4n) is 2.75. The lowest BCUT2D eigenvalue weighted by molar-refractivity contribution is 0.340. The second-order valence-corrected chi connectivity index (χ2v) is 8.46. The molecule has 0 spiro atoms. The number of para-hydroxylation sites is 1. The van der Waals surface area contributed by atoms with E-state index >= 15 is 0 Å². The number of sulfonamides is 1. The Morgan fingerprint density at radius 3 is 2.29 bits per heavy atom. The summed E-state index contributed by atoms with van der Waals surface area (Å²) in [6.45, 7) is 2.42. The van der Waals surface area contributed by atoms with Crippen LogP contribution < -0.4 is 24.8 Å². The third-order valence-corrected chi connectivity index (χ3v) is 5.76. The predicted molar refractivity (Wildman–Crippen MR) is 128 cm³/mol. The highest BCUT2D eigenvalue weighted by Gasteiger charge is 2.17. The Balaban J connectivity index is 1.74. The Morgan fingerprint density at radius 2 is 1.65 bits per heavy atom. The van der Waals surface area contributed by atoms with Crippen LogP contribution in [-0.2, 0) is 10.0 Å². The van der Waals surface area contributed by atoms with Crippen LogP contribution >= 0.6 is 12.2 Å². The molecule has 0 aliphatic rings. The Morgan fingerprint density at radius 1 is 0.935 bits per heavy atom. The Labute approximate surface area is 187 Å². The van der Waals surface area contributed by atoms with E-state index in [1.165, 1.54) is 19.2 Å². The summed E-state index contributed by atoms with van der Waals surface area (Å²) >= 11 is 5.33. The van der Waals surface area contributed by atoms with Crippen LogP contribution in [0.2, 0.25) is 0 Å². The van der Waals surface area contributed by atoms with Crippen molar-refractivity contribution < 1.29 is 17.9 Å². The van der Waals surface area contributed by atoms with Crippen molar-refractivity contribution >= 4 is 44.4 Å². The fourth-order valence-corrected chi connectivity index (χ4v) is 4.05. The zero-order chi connectivity index (χ0) is 22.3. The van der Waals surface area contributed by atoms with Gasteiger partial charge in [-0.25, -0.2) is 8.42 Å². The molecule has 0 saturated carbocycles. The highest BCUT2D eigenvalue weighted by molar-refractivity contribution is 7.92. The number of hydrogen-bond donors (Lipinski definition) is 3. The molecule has 0 aromatic heterocycles. The van der Waals surface area contributed by atoms with E-state index in [-0.39, 0.29) is 4.90 Å². The molecule has 3 aromatic carbocycles. The topological polar surface area (TPSA) is 88.7 Å². The van der Waals surface area contributed by atoms with E-state index in [9.17, 15) is 8.42 Å². The van der Waals surface area contributed by atoms with Crippen LogP contribution in [0.1, 0.15) is 6.92 Å². The van der Waals surface area contributed by atoms with Crippen molar-refractivity contribution in [3.05, 3.63) is 72.8 Å². The van der Waals surface area contributed by atoms with E-state index in [2.05, 4.69) is 15.4 Å². The lowest BCUT2D eigenvalue weighted by atomic mass is 10.3. The van der Waals surface area contributed by atoms with E-state index < -0.39 is 10.0 Å². The fraction of sp³-hybridized carbons (Fsp3) is 0.136. The van der Waals surface area contributed by atoms with Gasteiger partial charge in [-0.2, -0.15) is 0 Å². The lowest BCUT2D eigenvalue weighted by Gasteiger charge is -2.15. The van der Waals surface area contributed by atoms with Gasteiger partial charge in [-0.05, 0) is 67.7 Å². The average molecular weight is 458 g/mol. The molecule has 0 fully saturated rings. The minimum atomic E-state index is -3.81. The maximum absolute atomic E-state index is 12.8. The van der Waals surface area contributed by atoms with Gasteiger partial charge >= 0.3 is 0 Å². The van der Waals surface area contributed by atoms with Crippen LogP contribution in [0.4, 0.5) is 17.1 Å². The molecule has 0 bridgehead atoms. The summed E-state index contributed by atoms with van der Waals surface area (Å²) in [6, 6.07) is 20.7. The highest BCUT2D eigenvalue weighted by Crippen LogP contribution is 2.29. The first-order valence-electron chi connectivity index (χ1n) is 9.48. The molecule has 0 atom stereocenters. The van der Waals surface area contributed by atoms with Gasteiger partial charge in [0.25, 0.3) is 10.0 Å². The number of anilines is 3. The third-order valence-electron chi connectivity index (χ3n) is 4.18. The molecular weight excluding hydrogens is 434 g/mol. The minimum Gasteiger partial charge on any atom is -0.495 e. The molecule has 31 heavy (non-hydrogen) atoms. The number of rotatable bonds is 8. The summed E-state index contributed by atoms with van der Waals surface area (Å²) in [5.74, 6) is 1.01. The molecule has 0 amide bonds.